The third kappa shape index (κ3) is 8.52. The zero-order chi connectivity index (χ0) is 14.7. The summed E-state index contributed by atoms with van der Waals surface area (Å²) in [6, 6.07) is 6.14. The van der Waals surface area contributed by atoms with Crippen LogP contribution in [0, 0.1) is 5.92 Å². The van der Waals surface area contributed by atoms with Crippen LogP contribution in [-0.4, -0.2) is 14.2 Å². The first-order chi connectivity index (χ1) is 9.04. The third-order valence-electron chi connectivity index (χ3n) is 2.52. The van der Waals surface area contributed by atoms with E-state index in [2.05, 4.69) is 39.8 Å². The van der Waals surface area contributed by atoms with Crippen molar-refractivity contribution in [2.45, 2.75) is 53.4 Å². The van der Waals surface area contributed by atoms with E-state index in [4.69, 9.17) is 9.47 Å². The molecule has 1 aromatic rings. The van der Waals surface area contributed by atoms with Crippen LogP contribution in [0.4, 0.5) is 0 Å². The van der Waals surface area contributed by atoms with Gasteiger partial charge in [0.05, 0.1) is 14.2 Å². The van der Waals surface area contributed by atoms with Gasteiger partial charge >= 0.3 is 0 Å². The molecule has 0 spiro atoms. The summed E-state index contributed by atoms with van der Waals surface area (Å²) in [7, 11) is 3.34. The maximum absolute atomic E-state index is 5.26. The lowest BCUT2D eigenvalue weighted by Gasteiger charge is -2.09. The van der Waals surface area contributed by atoms with E-state index in [9.17, 15) is 0 Å². The molecule has 2 nitrogen and oxygen atoms in total. The van der Waals surface area contributed by atoms with Gasteiger partial charge in [-0.15, -0.1) is 0 Å². The molecule has 0 unspecified atom stereocenters. The topological polar surface area (TPSA) is 18.5 Å². The van der Waals surface area contributed by atoms with E-state index in [1.54, 1.807) is 14.2 Å². The van der Waals surface area contributed by atoms with Crippen LogP contribution in [0.15, 0.2) is 18.2 Å². The van der Waals surface area contributed by atoms with Gasteiger partial charge in [-0.2, -0.15) is 0 Å². The maximum Gasteiger partial charge on any atom is 0.160 e. The molecule has 0 heterocycles. The fraction of sp³-hybridized carbons (Fsp3) is 0.647. The maximum atomic E-state index is 5.26. The standard InChI is InChI=1S/C13H20O2.C4H10/c1-4-5-6-7-11-8-9-12(14-2)13(10-11)15-3;1-4(2)3/h8-10H,4-7H2,1-3H3;4H,1-3H3. The number of ether oxygens (including phenoxy) is 2. The number of unbranched alkanes of at least 4 members (excludes halogenated alkanes) is 2. The number of benzene rings is 1. The van der Waals surface area contributed by atoms with Gasteiger partial charge in [-0.1, -0.05) is 46.6 Å². The van der Waals surface area contributed by atoms with Crippen LogP contribution in [-0.2, 0) is 6.42 Å². The van der Waals surface area contributed by atoms with Gasteiger partial charge in [-0.25, -0.2) is 0 Å². The minimum Gasteiger partial charge on any atom is -0.493 e. The summed E-state index contributed by atoms with van der Waals surface area (Å²) < 4.78 is 10.5. The van der Waals surface area contributed by atoms with E-state index in [0.29, 0.717) is 0 Å². The van der Waals surface area contributed by atoms with E-state index in [-0.39, 0.29) is 0 Å². The number of methoxy groups -OCH3 is 2. The minimum absolute atomic E-state index is 0.803. The smallest absolute Gasteiger partial charge is 0.160 e. The van der Waals surface area contributed by atoms with Crippen molar-refractivity contribution in [2.75, 3.05) is 14.2 Å². The second kappa shape index (κ2) is 10.7. The molecule has 110 valence electrons. The van der Waals surface area contributed by atoms with Crippen molar-refractivity contribution in [3.63, 3.8) is 0 Å². The molecular weight excluding hydrogens is 236 g/mol. The van der Waals surface area contributed by atoms with Crippen molar-refractivity contribution in [2.24, 2.45) is 5.92 Å². The van der Waals surface area contributed by atoms with Crippen LogP contribution < -0.4 is 9.47 Å². The molecule has 0 radical (unpaired) electrons. The van der Waals surface area contributed by atoms with E-state index in [1.165, 1.54) is 24.8 Å². The van der Waals surface area contributed by atoms with Crippen LogP contribution in [0.3, 0.4) is 0 Å². The Morgan fingerprint density at radius 2 is 1.53 bits per heavy atom. The number of rotatable bonds is 6. The van der Waals surface area contributed by atoms with Gasteiger partial charge < -0.3 is 9.47 Å². The average molecular weight is 266 g/mol. The fourth-order valence-corrected chi connectivity index (χ4v) is 1.62. The normalized spacial score (nSPS) is 9.84. The van der Waals surface area contributed by atoms with E-state index in [1.807, 2.05) is 6.07 Å². The van der Waals surface area contributed by atoms with E-state index in [0.717, 1.165) is 23.8 Å². The zero-order valence-electron chi connectivity index (χ0n) is 13.5. The van der Waals surface area contributed by atoms with Crippen LogP contribution in [0.2, 0.25) is 0 Å². The molecule has 1 rings (SSSR count). The second-order valence-corrected chi connectivity index (χ2v) is 5.38. The number of hydrogen-bond donors (Lipinski definition) is 0. The summed E-state index contributed by atoms with van der Waals surface area (Å²) in [5.74, 6) is 2.46. The summed E-state index contributed by atoms with van der Waals surface area (Å²) in [4.78, 5) is 0. The number of aryl methyl sites for hydroxylation is 1. The molecule has 0 saturated heterocycles. The molecule has 0 atom stereocenters. The lowest BCUT2D eigenvalue weighted by atomic mass is 10.1. The van der Waals surface area contributed by atoms with Crippen LogP contribution in [0.1, 0.15) is 52.5 Å². The van der Waals surface area contributed by atoms with Crippen LogP contribution in [0.25, 0.3) is 0 Å². The van der Waals surface area contributed by atoms with Crippen molar-refractivity contribution < 1.29 is 9.47 Å². The van der Waals surface area contributed by atoms with Crippen molar-refractivity contribution >= 4 is 0 Å². The second-order valence-electron chi connectivity index (χ2n) is 5.38. The molecule has 1 aromatic carbocycles. The first-order valence-electron chi connectivity index (χ1n) is 7.26. The molecule has 19 heavy (non-hydrogen) atoms. The molecule has 0 aliphatic heterocycles. The zero-order valence-corrected chi connectivity index (χ0v) is 13.5. The van der Waals surface area contributed by atoms with E-state index >= 15 is 0 Å². The first-order valence-corrected chi connectivity index (χ1v) is 7.26. The molecule has 0 aliphatic carbocycles. The highest BCUT2D eigenvalue weighted by atomic mass is 16.5. The average Bonchev–Trinajstić information content (AvgIpc) is 2.38. The van der Waals surface area contributed by atoms with Gasteiger partial charge in [0.1, 0.15) is 0 Å². The quantitative estimate of drug-likeness (QED) is 0.667. The lowest BCUT2D eigenvalue weighted by Crippen LogP contribution is -1.92. The fourth-order valence-electron chi connectivity index (χ4n) is 1.62. The largest absolute Gasteiger partial charge is 0.493 e. The van der Waals surface area contributed by atoms with Crippen LogP contribution >= 0.6 is 0 Å². The molecular formula is C17H30O2. The molecule has 0 amide bonds. The number of hydrogen-bond acceptors (Lipinski definition) is 2. The Bertz CT molecular complexity index is 329. The van der Waals surface area contributed by atoms with Gasteiger partial charge in [-0.3, -0.25) is 0 Å². The Labute approximate surface area is 119 Å². The Balaban J connectivity index is 0.000000711. The Hall–Kier alpha value is -1.18. The third-order valence-corrected chi connectivity index (χ3v) is 2.52. The molecule has 0 aromatic heterocycles. The Morgan fingerprint density at radius 1 is 0.947 bits per heavy atom. The van der Waals surface area contributed by atoms with Crippen molar-refractivity contribution in [1.82, 2.24) is 0 Å². The molecule has 0 aliphatic rings. The van der Waals surface area contributed by atoms with Gasteiger partial charge in [0.2, 0.25) is 0 Å². The molecule has 0 fully saturated rings. The SMILES string of the molecule is CC(C)C.CCCCCc1ccc(OC)c(OC)c1. The van der Waals surface area contributed by atoms with Crippen molar-refractivity contribution in [3.05, 3.63) is 23.8 Å². The lowest BCUT2D eigenvalue weighted by molar-refractivity contribution is 0.354. The van der Waals surface area contributed by atoms with E-state index < -0.39 is 0 Å². The van der Waals surface area contributed by atoms with Gasteiger partial charge in [-0.05, 0) is 36.5 Å². The summed E-state index contributed by atoms with van der Waals surface area (Å²) in [6.07, 6.45) is 4.90. The highest BCUT2D eigenvalue weighted by Gasteiger charge is 2.03. The monoisotopic (exact) mass is 266 g/mol. The molecule has 0 saturated carbocycles. The minimum atomic E-state index is 0.803. The summed E-state index contributed by atoms with van der Waals surface area (Å²) in [5, 5.41) is 0. The highest BCUT2D eigenvalue weighted by Crippen LogP contribution is 2.28. The first kappa shape index (κ1) is 17.8. The molecule has 0 N–H and O–H groups in total. The Kier molecular flexibility index (Phi) is 10.1. The van der Waals surface area contributed by atoms with Gasteiger partial charge in [0.25, 0.3) is 0 Å². The predicted molar refractivity (Wildman–Crippen MR) is 83.3 cm³/mol. The summed E-state index contributed by atoms with van der Waals surface area (Å²) in [6.45, 7) is 8.72. The molecule has 2 heteroatoms. The van der Waals surface area contributed by atoms with Gasteiger partial charge in [0, 0.05) is 0 Å². The van der Waals surface area contributed by atoms with Crippen molar-refractivity contribution in [3.8, 4) is 11.5 Å². The molecule has 0 bridgehead atoms. The van der Waals surface area contributed by atoms with Crippen LogP contribution in [0.5, 0.6) is 11.5 Å². The summed E-state index contributed by atoms with van der Waals surface area (Å²) >= 11 is 0. The van der Waals surface area contributed by atoms with Gasteiger partial charge in [0.15, 0.2) is 11.5 Å². The highest BCUT2D eigenvalue weighted by molar-refractivity contribution is 5.42. The predicted octanol–water partition coefficient (Wildman–Crippen LogP) is 5.10. The van der Waals surface area contributed by atoms with Crippen molar-refractivity contribution in [1.29, 1.82) is 0 Å². The summed E-state index contributed by atoms with van der Waals surface area (Å²) in [5.41, 5.74) is 1.32. The Morgan fingerprint density at radius 3 is 2.00 bits per heavy atom.